The van der Waals surface area contributed by atoms with Crippen LogP contribution < -0.4 is 20.9 Å². The number of anilines is 1. The largest absolute Gasteiger partial charge is 0.573 e. The summed E-state index contributed by atoms with van der Waals surface area (Å²) in [6.07, 6.45) is -0.155. The van der Waals surface area contributed by atoms with Gasteiger partial charge < -0.3 is 15.4 Å². The molecule has 1 aromatic heterocycles. The third-order valence-corrected chi connectivity index (χ3v) is 5.08. The molecule has 15 heteroatoms. The zero-order valence-electron chi connectivity index (χ0n) is 18.2. The Balaban J connectivity index is 1.67. The topological polar surface area (TPSA) is 109 Å². The number of carbonyl (C=O) groups is 1. The lowest BCUT2D eigenvalue weighted by Crippen LogP contribution is -2.40. The molecule has 2 aromatic rings. The summed E-state index contributed by atoms with van der Waals surface area (Å²) in [5.74, 6) is -5.44. The summed E-state index contributed by atoms with van der Waals surface area (Å²) in [5, 5.41) is 14.2. The number of aromatic nitrogens is 2. The lowest BCUT2D eigenvalue weighted by atomic mass is 10.1. The first-order valence-electron chi connectivity index (χ1n) is 10.2. The highest BCUT2D eigenvalue weighted by Gasteiger charge is 2.38. The van der Waals surface area contributed by atoms with Crippen LogP contribution >= 0.6 is 11.6 Å². The number of carbonyl (C=O) groups excluding carboxylic acids is 1. The van der Waals surface area contributed by atoms with Gasteiger partial charge in [-0.05, 0) is 12.1 Å². The molecule has 1 aliphatic rings. The van der Waals surface area contributed by atoms with Crippen molar-refractivity contribution >= 4 is 23.3 Å². The summed E-state index contributed by atoms with van der Waals surface area (Å²) in [6.45, 7) is -2.28. The van der Waals surface area contributed by atoms with Crippen molar-refractivity contribution in [2.75, 3.05) is 18.4 Å². The third kappa shape index (κ3) is 6.95. The molecule has 1 aromatic carbocycles. The van der Waals surface area contributed by atoms with Gasteiger partial charge in [0.1, 0.15) is 23.1 Å². The molecule has 0 bridgehead atoms. The SMILES string of the molecule is O=C(Cn1c(Cl)cnc(NCC(F)(F)C2=CC=CCN2O)c1=O)NCc1ccccc1OC(F)(F)F. The number of hydroxylamine groups is 2. The van der Waals surface area contributed by atoms with Crippen molar-refractivity contribution in [2.45, 2.75) is 25.4 Å². The van der Waals surface area contributed by atoms with Gasteiger partial charge >= 0.3 is 12.3 Å². The molecular weight excluding hydrogens is 517 g/mol. The van der Waals surface area contributed by atoms with E-state index in [1.54, 1.807) is 0 Å². The minimum Gasteiger partial charge on any atom is -0.405 e. The van der Waals surface area contributed by atoms with Crippen LogP contribution in [0.25, 0.3) is 0 Å². The second kappa shape index (κ2) is 11.0. The second-order valence-electron chi connectivity index (χ2n) is 7.37. The smallest absolute Gasteiger partial charge is 0.405 e. The summed E-state index contributed by atoms with van der Waals surface area (Å²) in [5.41, 5.74) is -1.67. The number of alkyl halides is 5. The van der Waals surface area contributed by atoms with E-state index < -0.39 is 54.1 Å². The molecule has 1 aliphatic heterocycles. The van der Waals surface area contributed by atoms with E-state index in [9.17, 15) is 36.7 Å². The second-order valence-corrected chi connectivity index (χ2v) is 7.76. The minimum absolute atomic E-state index is 0.0192. The van der Waals surface area contributed by atoms with Crippen LogP contribution in [0.4, 0.5) is 27.8 Å². The van der Waals surface area contributed by atoms with E-state index in [1.165, 1.54) is 30.4 Å². The third-order valence-electron chi connectivity index (χ3n) is 4.78. The van der Waals surface area contributed by atoms with Crippen molar-refractivity contribution < 1.29 is 36.7 Å². The molecular formula is C21H19ClF5N5O4. The number of nitrogens with zero attached hydrogens (tertiary/aromatic N) is 3. The lowest BCUT2D eigenvalue weighted by Gasteiger charge is -2.28. The molecule has 0 unspecified atom stereocenters. The Morgan fingerprint density at radius 3 is 2.64 bits per heavy atom. The molecule has 0 saturated heterocycles. The number of amides is 1. The number of hydrogen-bond acceptors (Lipinski definition) is 7. The van der Waals surface area contributed by atoms with Crippen LogP contribution in [0.2, 0.25) is 5.15 Å². The first kappa shape index (κ1) is 26.9. The number of nitrogens with one attached hydrogen (secondary N) is 2. The summed E-state index contributed by atoms with van der Waals surface area (Å²) in [6, 6.07) is 5.14. The predicted octanol–water partition coefficient (Wildman–Crippen LogP) is 3.30. The fourth-order valence-corrected chi connectivity index (χ4v) is 3.29. The maximum absolute atomic E-state index is 14.5. The fourth-order valence-electron chi connectivity index (χ4n) is 3.10. The summed E-state index contributed by atoms with van der Waals surface area (Å²) < 4.78 is 71.3. The summed E-state index contributed by atoms with van der Waals surface area (Å²) in [7, 11) is 0. The first-order chi connectivity index (χ1) is 16.9. The van der Waals surface area contributed by atoms with Crippen LogP contribution in [0.1, 0.15) is 5.56 Å². The van der Waals surface area contributed by atoms with Gasteiger partial charge in [-0.15, -0.1) is 13.2 Å². The van der Waals surface area contributed by atoms with Gasteiger partial charge in [-0.25, -0.2) is 4.98 Å². The molecule has 0 fully saturated rings. The highest BCUT2D eigenvalue weighted by molar-refractivity contribution is 6.29. The fraction of sp³-hybridized carbons (Fsp3) is 0.286. The number of halogens is 6. The van der Waals surface area contributed by atoms with Crippen molar-refractivity contribution in [3.05, 3.63) is 75.5 Å². The van der Waals surface area contributed by atoms with Gasteiger partial charge in [-0.2, -0.15) is 8.78 Å². The number of rotatable bonds is 9. The average Bonchev–Trinajstić information content (AvgIpc) is 2.80. The molecule has 36 heavy (non-hydrogen) atoms. The highest BCUT2D eigenvalue weighted by atomic mass is 35.5. The number of allylic oxidation sites excluding steroid dienone is 2. The van der Waals surface area contributed by atoms with Crippen LogP contribution in [-0.2, 0) is 17.9 Å². The van der Waals surface area contributed by atoms with Gasteiger partial charge in [0, 0.05) is 12.1 Å². The van der Waals surface area contributed by atoms with Gasteiger partial charge in [-0.3, -0.25) is 24.4 Å². The number of ether oxygens (including phenoxy) is 1. The molecule has 0 atom stereocenters. The number of benzene rings is 1. The zero-order chi connectivity index (χ0) is 26.5. The number of hydrogen-bond donors (Lipinski definition) is 3. The highest BCUT2D eigenvalue weighted by Crippen LogP contribution is 2.28. The molecule has 1 amide bonds. The summed E-state index contributed by atoms with van der Waals surface area (Å²) in [4.78, 5) is 28.7. The van der Waals surface area contributed by atoms with E-state index in [-0.39, 0.29) is 23.8 Å². The van der Waals surface area contributed by atoms with E-state index >= 15 is 0 Å². The van der Waals surface area contributed by atoms with Crippen LogP contribution in [0.15, 0.2) is 59.2 Å². The van der Waals surface area contributed by atoms with Crippen LogP contribution in [-0.4, -0.2) is 51.1 Å². The zero-order valence-corrected chi connectivity index (χ0v) is 19.0. The maximum atomic E-state index is 14.5. The predicted molar refractivity (Wildman–Crippen MR) is 118 cm³/mol. The van der Waals surface area contributed by atoms with Gasteiger partial charge in [-0.1, -0.05) is 42.0 Å². The Morgan fingerprint density at radius 2 is 1.94 bits per heavy atom. The van der Waals surface area contributed by atoms with E-state index in [1.807, 2.05) is 0 Å². The van der Waals surface area contributed by atoms with E-state index in [0.29, 0.717) is 5.06 Å². The van der Waals surface area contributed by atoms with Gasteiger partial charge in [0.05, 0.1) is 19.3 Å². The van der Waals surface area contributed by atoms with Crippen molar-refractivity contribution in [1.29, 1.82) is 0 Å². The van der Waals surface area contributed by atoms with Crippen LogP contribution in [0.5, 0.6) is 5.75 Å². The number of para-hydroxylation sites is 1. The van der Waals surface area contributed by atoms with Gasteiger partial charge in [0.2, 0.25) is 5.91 Å². The van der Waals surface area contributed by atoms with E-state index in [0.717, 1.165) is 22.9 Å². The van der Waals surface area contributed by atoms with Crippen molar-refractivity contribution in [2.24, 2.45) is 0 Å². The minimum atomic E-state index is -4.93. The lowest BCUT2D eigenvalue weighted by molar-refractivity contribution is -0.274. The molecule has 2 heterocycles. The Kier molecular flexibility index (Phi) is 8.20. The molecule has 3 rings (SSSR count). The monoisotopic (exact) mass is 535 g/mol. The average molecular weight is 536 g/mol. The maximum Gasteiger partial charge on any atom is 0.573 e. The van der Waals surface area contributed by atoms with Crippen molar-refractivity contribution in [3.8, 4) is 5.75 Å². The standard InChI is InChI=1S/C21H19ClF5N5O4/c22-16-10-29-18(30-12-20(23,24)15-7-3-4-8-32(15)35)19(34)31(16)11-17(33)28-9-13-5-1-2-6-14(13)36-21(25,26)27/h1-7,10,35H,8-9,11-12H2,(H,28,33)(H,29,30). The first-order valence-corrected chi connectivity index (χ1v) is 10.6. The van der Waals surface area contributed by atoms with Gasteiger partial charge in [0.25, 0.3) is 5.56 Å². The van der Waals surface area contributed by atoms with E-state index in [2.05, 4.69) is 20.4 Å². The van der Waals surface area contributed by atoms with Crippen molar-refractivity contribution in [1.82, 2.24) is 19.9 Å². The van der Waals surface area contributed by atoms with Crippen LogP contribution in [0, 0.1) is 0 Å². The Labute approximate surface area is 205 Å². The normalized spacial score (nSPS) is 13.9. The van der Waals surface area contributed by atoms with Crippen molar-refractivity contribution in [3.63, 3.8) is 0 Å². The molecule has 3 N–H and O–H groups in total. The molecule has 0 radical (unpaired) electrons. The molecule has 194 valence electrons. The Bertz CT molecular complexity index is 1230. The van der Waals surface area contributed by atoms with Gasteiger partial charge in [0.15, 0.2) is 5.82 Å². The molecule has 9 nitrogen and oxygen atoms in total. The van der Waals surface area contributed by atoms with E-state index in [4.69, 9.17) is 11.6 Å². The Morgan fingerprint density at radius 1 is 1.22 bits per heavy atom. The van der Waals surface area contributed by atoms with Crippen LogP contribution in [0.3, 0.4) is 0 Å². The molecule has 0 saturated carbocycles. The Hall–Kier alpha value is -3.65. The molecule has 0 spiro atoms. The quantitative estimate of drug-likeness (QED) is 0.423. The summed E-state index contributed by atoms with van der Waals surface area (Å²) >= 11 is 5.93. The molecule has 0 aliphatic carbocycles.